The van der Waals surface area contributed by atoms with Crippen molar-refractivity contribution in [3.8, 4) is 11.5 Å². The average Bonchev–Trinajstić information content (AvgIpc) is 2.59. The molecule has 0 saturated heterocycles. The number of aryl methyl sites for hydroxylation is 2. The Balaban J connectivity index is 1.56. The number of rotatable bonds is 5. The van der Waals surface area contributed by atoms with Gasteiger partial charge in [-0.25, -0.2) is 0 Å². The van der Waals surface area contributed by atoms with Crippen LogP contribution in [0.1, 0.15) is 23.1 Å². The Labute approximate surface area is 143 Å². The first-order valence-corrected chi connectivity index (χ1v) is 8.30. The maximum atomic E-state index is 12.4. The van der Waals surface area contributed by atoms with Gasteiger partial charge < -0.3 is 14.4 Å². The summed E-state index contributed by atoms with van der Waals surface area (Å²) in [6.07, 6.45) is 1.29. The van der Waals surface area contributed by atoms with Crippen molar-refractivity contribution in [2.24, 2.45) is 0 Å². The number of benzene rings is 2. The minimum absolute atomic E-state index is 0.145. The first kappa shape index (κ1) is 16.4. The zero-order chi connectivity index (χ0) is 16.9. The van der Waals surface area contributed by atoms with Crippen molar-refractivity contribution in [1.29, 1.82) is 0 Å². The number of carbonyl (C=O) groups is 1. The van der Waals surface area contributed by atoms with Crippen molar-refractivity contribution in [1.82, 2.24) is 4.90 Å². The van der Waals surface area contributed by atoms with E-state index in [1.165, 1.54) is 11.1 Å². The number of ether oxygens (including phenoxy) is 2. The molecule has 2 aromatic rings. The fraction of sp³-hybridized carbons (Fsp3) is 0.350. The molecule has 0 atom stereocenters. The highest BCUT2D eigenvalue weighted by Crippen LogP contribution is 2.31. The molecule has 4 heteroatoms. The van der Waals surface area contributed by atoms with Crippen molar-refractivity contribution >= 4 is 5.91 Å². The van der Waals surface area contributed by atoms with Crippen LogP contribution in [-0.2, 0) is 17.8 Å². The van der Waals surface area contributed by atoms with Gasteiger partial charge in [0.25, 0.3) is 0 Å². The molecule has 126 valence electrons. The van der Waals surface area contributed by atoms with Crippen LogP contribution in [0, 0.1) is 6.92 Å². The molecule has 1 amide bonds. The standard InChI is InChI=1S/C20H23NO3/c1-15-4-3-5-16(12-15)7-9-20(22)21(2)14-17-6-8-18-19(13-17)24-11-10-23-18/h3-6,8,12-13H,7,9-11,14H2,1-2H3. The first-order chi connectivity index (χ1) is 11.6. The number of hydrogen-bond acceptors (Lipinski definition) is 3. The molecule has 1 aliphatic heterocycles. The van der Waals surface area contributed by atoms with Gasteiger partial charge in [-0.2, -0.15) is 0 Å². The molecule has 4 nitrogen and oxygen atoms in total. The maximum absolute atomic E-state index is 12.4. The van der Waals surface area contributed by atoms with E-state index in [0.717, 1.165) is 23.5 Å². The molecule has 0 spiro atoms. The van der Waals surface area contributed by atoms with E-state index in [4.69, 9.17) is 9.47 Å². The molecule has 0 fully saturated rings. The molecular formula is C20H23NO3. The van der Waals surface area contributed by atoms with Crippen molar-refractivity contribution in [2.75, 3.05) is 20.3 Å². The topological polar surface area (TPSA) is 38.8 Å². The van der Waals surface area contributed by atoms with Gasteiger partial charge in [0.05, 0.1) is 0 Å². The van der Waals surface area contributed by atoms with Crippen molar-refractivity contribution < 1.29 is 14.3 Å². The molecule has 1 aliphatic rings. The Hall–Kier alpha value is -2.49. The zero-order valence-electron chi connectivity index (χ0n) is 14.2. The molecule has 3 rings (SSSR count). The number of carbonyl (C=O) groups excluding carboxylic acids is 1. The highest BCUT2D eigenvalue weighted by molar-refractivity contribution is 5.76. The van der Waals surface area contributed by atoms with Crippen molar-refractivity contribution in [2.45, 2.75) is 26.3 Å². The lowest BCUT2D eigenvalue weighted by Crippen LogP contribution is -2.26. The van der Waals surface area contributed by atoms with Crippen LogP contribution in [-0.4, -0.2) is 31.1 Å². The average molecular weight is 325 g/mol. The molecule has 2 aromatic carbocycles. The molecule has 0 aliphatic carbocycles. The second-order valence-electron chi connectivity index (χ2n) is 6.22. The van der Waals surface area contributed by atoms with Gasteiger partial charge in [-0.05, 0) is 36.6 Å². The Kier molecular flexibility index (Phi) is 5.04. The Morgan fingerprint density at radius 1 is 1.04 bits per heavy atom. The predicted molar refractivity (Wildman–Crippen MR) is 93.4 cm³/mol. The zero-order valence-corrected chi connectivity index (χ0v) is 14.2. The van der Waals surface area contributed by atoms with E-state index in [9.17, 15) is 4.79 Å². The normalized spacial score (nSPS) is 12.8. The van der Waals surface area contributed by atoms with E-state index in [2.05, 4.69) is 25.1 Å². The van der Waals surface area contributed by atoms with E-state index in [0.29, 0.717) is 26.2 Å². The molecule has 0 N–H and O–H groups in total. The van der Waals surface area contributed by atoms with Gasteiger partial charge in [-0.1, -0.05) is 35.9 Å². The van der Waals surface area contributed by atoms with Gasteiger partial charge in [-0.3, -0.25) is 4.79 Å². The van der Waals surface area contributed by atoms with Crippen LogP contribution in [0.15, 0.2) is 42.5 Å². The van der Waals surface area contributed by atoms with Crippen LogP contribution >= 0.6 is 0 Å². The third-order valence-corrected chi connectivity index (χ3v) is 4.16. The highest BCUT2D eigenvalue weighted by Gasteiger charge is 2.14. The van der Waals surface area contributed by atoms with E-state index in [1.54, 1.807) is 4.90 Å². The molecule has 0 aromatic heterocycles. The van der Waals surface area contributed by atoms with E-state index in [-0.39, 0.29) is 5.91 Å². The number of hydrogen-bond donors (Lipinski definition) is 0. The second-order valence-corrected chi connectivity index (χ2v) is 6.22. The van der Waals surface area contributed by atoms with Crippen molar-refractivity contribution in [3.63, 3.8) is 0 Å². The van der Waals surface area contributed by atoms with Gasteiger partial charge in [0.2, 0.25) is 5.91 Å². The smallest absolute Gasteiger partial charge is 0.222 e. The summed E-state index contributed by atoms with van der Waals surface area (Å²) in [6.45, 7) is 3.80. The molecule has 24 heavy (non-hydrogen) atoms. The quantitative estimate of drug-likeness (QED) is 0.846. The molecule has 0 saturated carbocycles. The largest absolute Gasteiger partial charge is 0.486 e. The minimum atomic E-state index is 0.145. The van der Waals surface area contributed by atoms with Crippen LogP contribution < -0.4 is 9.47 Å². The summed E-state index contributed by atoms with van der Waals surface area (Å²) < 4.78 is 11.1. The monoisotopic (exact) mass is 325 g/mol. The number of nitrogens with zero attached hydrogens (tertiary/aromatic N) is 1. The molecule has 0 unspecified atom stereocenters. The summed E-state index contributed by atoms with van der Waals surface area (Å²) in [5.41, 5.74) is 3.48. The van der Waals surface area contributed by atoms with Gasteiger partial charge >= 0.3 is 0 Å². The molecule has 0 bridgehead atoms. The summed E-state index contributed by atoms with van der Waals surface area (Å²) in [5.74, 6) is 1.68. The van der Waals surface area contributed by atoms with Crippen LogP contribution in [0.3, 0.4) is 0 Å². The lowest BCUT2D eigenvalue weighted by atomic mass is 10.1. The molecule has 0 radical (unpaired) electrons. The Morgan fingerprint density at radius 2 is 1.83 bits per heavy atom. The van der Waals surface area contributed by atoms with Crippen LogP contribution in [0.5, 0.6) is 11.5 Å². The maximum Gasteiger partial charge on any atom is 0.222 e. The molecular weight excluding hydrogens is 302 g/mol. The Morgan fingerprint density at radius 3 is 2.62 bits per heavy atom. The van der Waals surface area contributed by atoms with Crippen LogP contribution in [0.2, 0.25) is 0 Å². The van der Waals surface area contributed by atoms with Gasteiger partial charge in [0.15, 0.2) is 11.5 Å². The van der Waals surface area contributed by atoms with Gasteiger partial charge in [0, 0.05) is 20.0 Å². The third-order valence-electron chi connectivity index (χ3n) is 4.16. The van der Waals surface area contributed by atoms with Gasteiger partial charge in [-0.15, -0.1) is 0 Å². The lowest BCUT2D eigenvalue weighted by Gasteiger charge is -2.21. The minimum Gasteiger partial charge on any atom is -0.486 e. The SMILES string of the molecule is Cc1cccc(CCC(=O)N(C)Cc2ccc3c(c2)OCCO3)c1. The van der Waals surface area contributed by atoms with Crippen molar-refractivity contribution in [3.05, 3.63) is 59.2 Å². The predicted octanol–water partition coefficient (Wildman–Crippen LogP) is 3.36. The summed E-state index contributed by atoms with van der Waals surface area (Å²) >= 11 is 0. The van der Waals surface area contributed by atoms with Gasteiger partial charge in [0.1, 0.15) is 13.2 Å². The van der Waals surface area contributed by atoms with Crippen LogP contribution in [0.25, 0.3) is 0 Å². The van der Waals surface area contributed by atoms with E-state index < -0.39 is 0 Å². The number of fused-ring (bicyclic) bond motifs is 1. The second kappa shape index (κ2) is 7.39. The first-order valence-electron chi connectivity index (χ1n) is 8.30. The third kappa shape index (κ3) is 4.07. The fourth-order valence-electron chi connectivity index (χ4n) is 2.86. The summed E-state index contributed by atoms with van der Waals surface area (Å²) in [5, 5.41) is 0. The molecule has 1 heterocycles. The number of amides is 1. The van der Waals surface area contributed by atoms with E-state index in [1.807, 2.05) is 31.3 Å². The summed E-state index contributed by atoms with van der Waals surface area (Å²) in [4.78, 5) is 14.1. The lowest BCUT2D eigenvalue weighted by molar-refractivity contribution is -0.130. The summed E-state index contributed by atoms with van der Waals surface area (Å²) in [6, 6.07) is 14.2. The Bertz CT molecular complexity index is 727. The summed E-state index contributed by atoms with van der Waals surface area (Å²) in [7, 11) is 1.84. The van der Waals surface area contributed by atoms with Crippen LogP contribution in [0.4, 0.5) is 0 Å². The van der Waals surface area contributed by atoms with E-state index >= 15 is 0 Å². The fourth-order valence-corrected chi connectivity index (χ4v) is 2.86. The highest BCUT2D eigenvalue weighted by atomic mass is 16.6.